The summed E-state index contributed by atoms with van der Waals surface area (Å²) in [6.45, 7) is 2.75. The van der Waals surface area contributed by atoms with Crippen LogP contribution in [0.5, 0.6) is 0 Å². The number of benzene rings is 1. The van der Waals surface area contributed by atoms with Crippen molar-refractivity contribution in [3.8, 4) is 0 Å². The maximum atomic E-state index is 13.1. The maximum absolute atomic E-state index is 13.1. The summed E-state index contributed by atoms with van der Waals surface area (Å²) in [5.41, 5.74) is 13.7. The first kappa shape index (κ1) is 22.0. The number of nitrogens with zero attached hydrogens (tertiary/aromatic N) is 7. The normalized spacial score (nSPS) is 21.8. The van der Waals surface area contributed by atoms with Crippen LogP contribution in [0, 0.1) is 5.41 Å². The molecule has 192 valence electrons. The number of amides is 1. The van der Waals surface area contributed by atoms with Crippen LogP contribution < -0.4 is 20.4 Å². The van der Waals surface area contributed by atoms with Gasteiger partial charge in [-0.05, 0) is 60.8 Å². The summed E-state index contributed by atoms with van der Waals surface area (Å²) < 4.78 is 0. The van der Waals surface area contributed by atoms with E-state index in [1.807, 2.05) is 28.3 Å². The highest BCUT2D eigenvalue weighted by Crippen LogP contribution is 2.50. The first-order valence-electron chi connectivity index (χ1n) is 13.5. The number of aryl methyl sites for hydroxylation is 1. The zero-order chi connectivity index (χ0) is 25.4. The maximum Gasteiger partial charge on any atom is 0.247 e. The predicted molar refractivity (Wildman–Crippen MR) is 145 cm³/mol. The van der Waals surface area contributed by atoms with Crippen LogP contribution in [-0.4, -0.2) is 57.2 Å². The van der Waals surface area contributed by atoms with Crippen molar-refractivity contribution in [1.82, 2.24) is 25.1 Å². The van der Waals surface area contributed by atoms with Crippen molar-refractivity contribution in [2.45, 2.75) is 38.1 Å². The van der Waals surface area contributed by atoms with Crippen LogP contribution in [0.15, 0.2) is 42.7 Å². The van der Waals surface area contributed by atoms with E-state index in [0.29, 0.717) is 17.0 Å². The van der Waals surface area contributed by atoms with Crippen LogP contribution in [0.1, 0.15) is 42.1 Å². The molecular formula is C28H29N9O. The SMILES string of the molecule is N[C@@H]1c2cccnc2CC12CCN(c1cnc3c(N4CC(=O)N5CCCc6cccc4c65)n[nH]c3n1)CC2. The Kier molecular flexibility index (Phi) is 4.61. The third-order valence-corrected chi connectivity index (χ3v) is 9.10. The summed E-state index contributed by atoms with van der Waals surface area (Å²) in [6.07, 6.45) is 8.61. The number of para-hydroxylation sites is 1. The minimum absolute atomic E-state index is 0.0315. The molecule has 6 heterocycles. The van der Waals surface area contributed by atoms with Gasteiger partial charge in [0.05, 0.1) is 17.6 Å². The molecule has 8 rings (SSSR count). The van der Waals surface area contributed by atoms with Gasteiger partial charge >= 0.3 is 0 Å². The fourth-order valence-corrected chi connectivity index (χ4v) is 7.04. The smallest absolute Gasteiger partial charge is 0.247 e. The van der Waals surface area contributed by atoms with Crippen molar-refractivity contribution < 1.29 is 4.79 Å². The Morgan fingerprint density at radius 3 is 2.82 bits per heavy atom. The van der Waals surface area contributed by atoms with E-state index in [2.05, 4.69) is 44.3 Å². The molecule has 1 spiro atoms. The largest absolute Gasteiger partial charge is 0.355 e. The van der Waals surface area contributed by atoms with E-state index in [1.165, 1.54) is 11.1 Å². The quantitative estimate of drug-likeness (QED) is 0.425. The fraction of sp³-hybridized carbons (Fsp3) is 0.393. The minimum Gasteiger partial charge on any atom is -0.355 e. The molecule has 3 aromatic heterocycles. The van der Waals surface area contributed by atoms with Crippen LogP contribution in [0.4, 0.5) is 23.0 Å². The summed E-state index contributed by atoms with van der Waals surface area (Å²) in [6, 6.07) is 10.4. The lowest BCUT2D eigenvalue weighted by Gasteiger charge is -2.42. The number of carbonyl (C=O) groups excluding carboxylic acids is 1. The molecule has 10 heteroatoms. The van der Waals surface area contributed by atoms with E-state index in [4.69, 9.17) is 15.7 Å². The molecule has 0 radical (unpaired) electrons. The van der Waals surface area contributed by atoms with Crippen molar-refractivity contribution >= 4 is 40.1 Å². The van der Waals surface area contributed by atoms with Gasteiger partial charge in [-0.1, -0.05) is 18.2 Å². The van der Waals surface area contributed by atoms with Gasteiger partial charge in [0.1, 0.15) is 12.4 Å². The second-order valence-electron chi connectivity index (χ2n) is 11.0. The molecule has 1 aromatic carbocycles. The van der Waals surface area contributed by atoms with Gasteiger partial charge in [-0.3, -0.25) is 14.9 Å². The molecule has 1 amide bonds. The molecule has 1 saturated heterocycles. The number of nitrogens with two attached hydrogens (primary N) is 1. The van der Waals surface area contributed by atoms with Crippen LogP contribution in [0.2, 0.25) is 0 Å². The minimum atomic E-state index is 0.0315. The second kappa shape index (κ2) is 7.97. The lowest BCUT2D eigenvalue weighted by Crippen LogP contribution is -2.46. The molecule has 3 aliphatic heterocycles. The Bertz CT molecular complexity index is 1590. The monoisotopic (exact) mass is 507 g/mol. The molecule has 4 aromatic rings. The first-order valence-corrected chi connectivity index (χ1v) is 13.5. The van der Waals surface area contributed by atoms with Gasteiger partial charge in [-0.2, -0.15) is 5.10 Å². The van der Waals surface area contributed by atoms with Gasteiger partial charge in [-0.25, -0.2) is 9.97 Å². The molecule has 1 fully saturated rings. The second-order valence-corrected chi connectivity index (χ2v) is 11.0. The Labute approximate surface area is 219 Å². The predicted octanol–water partition coefficient (Wildman–Crippen LogP) is 3.02. The van der Waals surface area contributed by atoms with E-state index < -0.39 is 0 Å². The Balaban J connectivity index is 1.07. The Morgan fingerprint density at radius 1 is 1.05 bits per heavy atom. The van der Waals surface area contributed by atoms with Gasteiger partial charge < -0.3 is 20.4 Å². The summed E-state index contributed by atoms with van der Waals surface area (Å²) in [5, 5.41) is 7.68. The number of hydrogen-bond donors (Lipinski definition) is 2. The first-order chi connectivity index (χ1) is 18.6. The van der Waals surface area contributed by atoms with Gasteiger partial charge in [-0.15, -0.1) is 0 Å². The molecule has 3 N–H and O–H groups in total. The number of pyridine rings is 1. The number of H-pyrrole nitrogens is 1. The summed E-state index contributed by atoms with van der Waals surface area (Å²) in [5.74, 6) is 1.57. The van der Waals surface area contributed by atoms with Crippen LogP contribution in [0.3, 0.4) is 0 Å². The number of nitrogens with one attached hydrogen (secondary N) is 1. The van der Waals surface area contributed by atoms with E-state index >= 15 is 0 Å². The topological polar surface area (TPSA) is 120 Å². The number of aromatic nitrogens is 5. The molecule has 0 bridgehead atoms. The molecule has 38 heavy (non-hydrogen) atoms. The van der Waals surface area contributed by atoms with Crippen molar-refractivity contribution in [2.75, 3.05) is 40.9 Å². The lowest BCUT2D eigenvalue weighted by molar-refractivity contribution is -0.117. The van der Waals surface area contributed by atoms with Crippen LogP contribution in [0.25, 0.3) is 11.2 Å². The van der Waals surface area contributed by atoms with Crippen molar-refractivity contribution in [2.24, 2.45) is 11.1 Å². The van der Waals surface area contributed by atoms with Crippen LogP contribution in [-0.2, 0) is 17.6 Å². The van der Waals surface area contributed by atoms with Crippen molar-refractivity contribution in [1.29, 1.82) is 0 Å². The van der Waals surface area contributed by atoms with Gasteiger partial charge in [0.2, 0.25) is 5.91 Å². The molecule has 4 aliphatic rings. The zero-order valence-corrected chi connectivity index (χ0v) is 21.1. The number of fused-ring (bicyclic) bond motifs is 2. The fourth-order valence-electron chi connectivity index (χ4n) is 7.04. The Hall–Kier alpha value is -4.05. The molecule has 1 aliphatic carbocycles. The standard InChI is InChI=1S/C28H29N9O/c29-25-18-6-2-10-30-19(18)14-28(25)8-12-35(13-9-28)21-15-31-23-26(32-21)33-34-27(23)37-16-22(38)36-11-3-5-17-4-1-7-20(37)24(17)36/h1-2,4,6-7,10,15,25H,3,5,8-9,11-14,16,29H2,(H,32,33,34)/t25-/m1/s1. The van der Waals surface area contributed by atoms with Gasteiger partial charge in [0, 0.05) is 37.6 Å². The number of aromatic amines is 1. The number of hydrogen-bond acceptors (Lipinski definition) is 8. The van der Waals surface area contributed by atoms with E-state index in [9.17, 15) is 4.79 Å². The molecular weight excluding hydrogens is 478 g/mol. The van der Waals surface area contributed by atoms with E-state index in [-0.39, 0.29) is 23.9 Å². The van der Waals surface area contributed by atoms with E-state index in [0.717, 1.165) is 74.6 Å². The van der Waals surface area contributed by atoms with Gasteiger partial charge in [0.15, 0.2) is 17.0 Å². The van der Waals surface area contributed by atoms with E-state index in [1.54, 1.807) is 0 Å². The van der Waals surface area contributed by atoms with Crippen molar-refractivity contribution in [3.05, 3.63) is 59.5 Å². The average Bonchev–Trinajstić information content (AvgIpc) is 3.49. The summed E-state index contributed by atoms with van der Waals surface area (Å²) in [7, 11) is 0. The third-order valence-electron chi connectivity index (χ3n) is 9.10. The third kappa shape index (κ3) is 3.06. The highest BCUT2D eigenvalue weighted by molar-refractivity contribution is 6.07. The zero-order valence-electron chi connectivity index (χ0n) is 21.1. The average molecular weight is 508 g/mol. The van der Waals surface area contributed by atoms with Crippen molar-refractivity contribution in [3.63, 3.8) is 0 Å². The molecule has 0 unspecified atom stereocenters. The highest BCUT2D eigenvalue weighted by atomic mass is 16.2. The number of anilines is 4. The van der Waals surface area contributed by atoms with Crippen LogP contribution >= 0.6 is 0 Å². The Morgan fingerprint density at radius 2 is 1.95 bits per heavy atom. The molecule has 1 atom stereocenters. The van der Waals surface area contributed by atoms with Gasteiger partial charge in [0.25, 0.3) is 0 Å². The lowest BCUT2D eigenvalue weighted by atomic mass is 9.73. The number of carbonyl (C=O) groups is 1. The number of rotatable bonds is 2. The highest BCUT2D eigenvalue weighted by Gasteiger charge is 2.46. The summed E-state index contributed by atoms with van der Waals surface area (Å²) >= 11 is 0. The molecule has 10 nitrogen and oxygen atoms in total. The molecule has 0 saturated carbocycles. The number of piperidine rings is 1. The summed E-state index contributed by atoms with van der Waals surface area (Å²) in [4.78, 5) is 33.6.